The van der Waals surface area contributed by atoms with Gasteiger partial charge in [-0.2, -0.15) is 0 Å². The minimum Gasteiger partial charge on any atom is -0.289 e. The van der Waals surface area contributed by atoms with E-state index in [1.165, 1.54) is 0 Å². The fraction of sp³-hybridized carbons (Fsp3) is 0.0667. The molecule has 17 rings (SSSR count). The summed E-state index contributed by atoms with van der Waals surface area (Å²) in [5, 5.41) is 0.882. The Morgan fingerprint density at radius 1 is 0.255 bits per heavy atom. The molecule has 15 aromatic rings. The van der Waals surface area contributed by atoms with E-state index in [4.69, 9.17) is 19.9 Å². The molecular weight excluding hydrogens is 1200 g/mol. The van der Waals surface area contributed by atoms with Crippen LogP contribution in [0.5, 0.6) is 0 Å². The van der Waals surface area contributed by atoms with Gasteiger partial charge in [0.15, 0.2) is 29.0 Å². The third kappa shape index (κ3) is 11.3. The zero-order valence-electron chi connectivity index (χ0n) is 54.5. The SMILES string of the molecule is CC1(C)c2ccccc2C(=O)c2ccc(-c3ccc(-c4ccc(-c5nc(-c6ccccc6)nc(-c6cccc7ncncc67)n5)cc4)cc3)cc21.CC1(C)c2ccccc2C(=O)c2ccc(-c3ccc(-c4cccc(-c5cc(-c6ccccc6)nc(-c6ccccc6)c5)c4)cc3)cc21. The highest BCUT2D eigenvalue weighted by atomic mass is 16.1. The number of aromatic nitrogens is 6. The number of carbonyl (C=O) groups excluding carboxylic acids is 2. The van der Waals surface area contributed by atoms with Crippen molar-refractivity contribution in [1.29, 1.82) is 0 Å². The van der Waals surface area contributed by atoms with Gasteiger partial charge in [0.2, 0.25) is 0 Å². The van der Waals surface area contributed by atoms with E-state index in [1.807, 2.05) is 109 Å². The highest BCUT2D eigenvalue weighted by Crippen LogP contribution is 2.45. The van der Waals surface area contributed by atoms with Crippen molar-refractivity contribution >= 4 is 22.5 Å². The predicted octanol–water partition coefficient (Wildman–Crippen LogP) is 21.3. The summed E-state index contributed by atoms with van der Waals surface area (Å²) >= 11 is 0. The Morgan fingerprint density at radius 2 is 0.602 bits per heavy atom. The van der Waals surface area contributed by atoms with Gasteiger partial charge in [0, 0.05) is 72.5 Å². The summed E-state index contributed by atoms with van der Waals surface area (Å²) in [7, 11) is 0. The molecule has 466 valence electrons. The standard InChI is InChI=1S/C45H31N5O.C45H33NO/c1-45(2)38-13-7-6-11-35(38)41(51)36-24-23-33(25-39(36)45)30-17-15-28(16-18-30)29-19-21-32(22-20-29)43-48-42(31-9-4-3-5-10-31)49-44(50-43)34-12-8-14-40-37(34)26-46-27-47-40;1-45(2)40-19-10-9-18-38(40)44(47)39-25-24-36(27-41(39)45)31-22-20-30(21-23-31)34-16-11-17-35(26-34)37-28-42(32-12-5-3-6-13-32)46-43(29-37)33-14-7-4-8-15-33/h3-27H,1-2H3;3-29H,1-2H3. The van der Waals surface area contributed by atoms with Crippen molar-refractivity contribution in [2.45, 2.75) is 38.5 Å². The van der Waals surface area contributed by atoms with E-state index in [2.05, 4.69) is 232 Å². The molecule has 0 bridgehead atoms. The molecule has 0 unspecified atom stereocenters. The second-order valence-corrected chi connectivity index (χ2v) is 26.1. The smallest absolute Gasteiger partial charge is 0.193 e. The number of hydrogen-bond acceptors (Lipinski definition) is 8. The van der Waals surface area contributed by atoms with Crippen LogP contribution in [0.3, 0.4) is 0 Å². The number of pyridine rings is 1. The van der Waals surface area contributed by atoms with E-state index < -0.39 is 0 Å². The average molecular weight is 1260 g/mol. The van der Waals surface area contributed by atoms with Crippen LogP contribution in [0.4, 0.5) is 0 Å². The van der Waals surface area contributed by atoms with E-state index in [0.717, 1.165) is 150 Å². The summed E-state index contributed by atoms with van der Waals surface area (Å²) in [6.45, 7) is 8.83. The number of nitrogens with zero attached hydrogens (tertiary/aromatic N) is 6. The van der Waals surface area contributed by atoms with Gasteiger partial charge < -0.3 is 0 Å². The lowest BCUT2D eigenvalue weighted by Gasteiger charge is -2.34. The van der Waals surface area contributed by atoms with Crippen LogP contribution in [0.1, 0.15) is 81.8 Å². The lowest BCUT2D eigenvalue weighted by molar-refractivity contribution is 0.102. The van der Waals surface area contributed by atoms with Crippen molar-refractivity contribution in [1.82, 2.24) is 29.9 Å². The van der Waals surface area contributed by atoms with Crippen molar-refractivity contribution in [3.63, 3.8) is 0 Å². The number of rotatable bonds is 10. The first-order valence-corrected chi connectivity index (χ1v) is 33.0. The molecule has 0 amide bonds. The van der Waals surface area contributed by atoms with Crippen LogP contribution in [-0.2, 0) is 10.8 Å². The minimum atomic E-state index is -0.276. The Hall–Kier alpha value is -12.5. The molecule has 98 heavy (non-hydrogen) atoms. The van der Waals surface area contributed by atoms with Crippen molar-refractivity contribution in [3.05, 3.63) is 360 Å². The molecule has 0 radical (unpaired) electrons. The van der Waals surface area contributed by atoms with Gasteiger partial charge in [-0.3, -0.25) is 9.59 Å². The van der Waals surface area contributed by atoms with E-state index >= 15 is 0 Å². The van der Waals surface area contributed by atoms with Gasteiger partial charge in [-0.25, -0.2) is 29.9 Å². The molecule has 0 spiro atoms. The zero-order valence-corrected chi connectivity index (χ0v) is 54.5. The molecule has 8 heteroatoms. The van der Waals surface area contributed by atoms with Crippen LogP contribution in [0.25, 0.3) is 123 Å². The van der Waals surface area contributed by atoms with E-state index in [1.54, 1.807) is 12.5 Å². The lowest BCUT2D eigenvalue weighted by Crippen LogP contribution is -2.30. The van der Waals surface area contributed by atoms with Gasteiger partial charge in [-0.1, -0.05) is 295 Å². The molecule has 12 aromatic carbocycles. The monoisotopic (exact) mass is 1260 g/mol. The van der Waals surface area contributed by atoms with Crippen molar-refractivity contribution in [2.24, 2.45) is 0 Å². The van der Waals surface area contributed by atoms with Gasteiger partial charge in [0.25, 0.3) is 0 Å². The Labute approximate surface area is 569 Å². The maximum absolute atomic E-state index is 13.4. The number of carbonyl (C=O) groups is 2. The minimum absolute atomic E-state index is 0.0955. The molecule has 0 saturated carbocycles. The summed E-state index contributed by atoms with van der Waals surface area (Å²) in [5.41, 5.74) is 25.7. The first-order chi connectivity index (χ1) is 47.9. The molecule has 0 atom stereocenters. The van der Waals surface area contributed by atoms with Crippen LogP contribution in [0.2, 0.25) is 0 Å². The molecule has 2 aliphatic carbocycles. The lowest BCUT2D eigenvalue weighted by atomic mass is 9.68. The van der Waals surface area contributed by atoms with Gasteiger partial charge in [0.05, 0.1) is 16.9 Å². The van der Waals surface area contributed by atoms with Gasteiger partial charge in [-0.15, -0.1) is 0 Å². The molecular formula is C90H64N6O2. The number of hydrogen-bond donors (Lipinski definition) is 0. The average Bonchev–Trinajstić information content (AvgIpc) is 0.781. The summed E-state index contributed by atoms with van der Waals surface area (Å²) < 4.78 is 0. The number of ketones is 2. The molecule has 0 N–H and O–H groups in total. The third-order valence-electron chi connectivity index (χ3n) is 19.4. The van der Waals surface area contributed by atoms with E-state index in [9.17, 15) is 9.59 Å². The van der Waals surface area contributed by atoms with Gasteiger partial charge >= 0.3 is 0 Å². The fourth-order valence-corrected chi connectivity index (χ4v) is 14.1. The van der Waals surface area contributed by atoms with Crippen LogP contribution < -0.4 is 0 Å². The van der Waals surface area contributed by atoms with Crippen LogP contribution in [-0.4, -0.2) is 41.5 Å². The van der Waals surface area contributed by atoms with E-state index in [0.29, 0.717) is 17.5 Å². The second kappa shape index (κ2) is 25.0. The summed E-state index contributed by atoms with van der Waals surface area (Å²) in [6, 6.07) is 104. The largest absolute Gasteiger partial charge is 0.289 e. The Bertz CT molecular complexity index is 5510. The van der Waals surface area contributed by atoms with Crippen molar-refractivity contribution in [2.75, 3.05) is 0 Å². The molecule has 3 aromatic heterocycles. The van der Waals surface area contributed by atoms with Crippen LogP contribution in [0.15, 0.2) is 316 Å². The second-order valence-electron chi connectivity index (χ2n) is 26.1. The normalized spacial score (nSPS) is 13.1. The Morgan fingerprint density at radius 3 is 1.09 bits per heavy atom. The van der Waals surface area contributed by atoms with Gasteiger partial charge in [0.1, 0.15) is 6.33 Å². The first kappa shape index (κ1) is 60.4. The summed E-state index contributed by atoms with van der Waals surface area (Å²) in [5.74, 6) is 1.96. The maximum atomic E-state index is 13.4. The van der Waals surface area contributed by atoms with Crippen LogP contribution in [0, 0.1) is 0 Å². The molecule has 0 fully saturated rings. The number of benzene rings is 12. The quantitative estimate of drug-likeness (QED) is 0.133. The highest BCUT2D eigenvalue weighted by molar-refractivity contribution is 6.14. The van der Waals surface area contributed by atoms with Gasteiger partial charge in [-0.05, 0) is 114 Å². The van der Waals surface area contributed by atoms with Crippen molar-refractivity contribution in [3.8, 4) is 112 Å². The zero-order chi connectivity index (χ0) is 66.5. The third-order valence-corrected chi connectivity index (χ3v) is 19.4. The highest BCUT2D eigenvalue weighted by Gasteiger charge is 2.38. The maximum Gasteiger partial charge on any atom is 0.193 e. The molecule has 0 saturated heterocycles. The summed E-state index contributed by atoms with van der Waals surface area (Å²) in [6.07, 6.45) is 3.35. The Kier molecular flexibility index (Phi) is 15.4. The fourth-order valence-electron chi connectivity index (χ4n) is 14.1. The molecule has 2 aliphatic rings. The molecule has 8 nitrogen and oxygen atoms in total. The first-order valence-electron chi connectivity index (χ1n) is 33.0. The Balaban J connectivity index is 0.000000154. The topological polar surface area (TPSA) is 111 Å². The molecule has 3 heterocycles. The van der Waals surface area contributed by atoms with Crippen molar-refractivity contribution < 1.29 is 9.59 Å². The van der Waals surface area contributed by atoms with E-state index in [-0.39, 0.29) is 22.4 Å². The van der Waals surface area contributed by atoms with Crippen LogP contribution >= 0.6 is 0 Å². The number of fused-ring (bicyclic) bond motifs is 5. The summed E-state index contributed by atoms with van der Waals surface area (Å²) in [4.78, 5) is 55.2. The molecule has 0 aliphatic heterocycles. The predicted molar refractivity (Wildman–Crippen MR) is 396 cm³/mol.